The molecule has 1 N–H and O–H groups in total. The topological polar surface area (TPSA) is 66.8 Å². The van der Waals surface area contributed by atoms with E-state index >= 15 is 0 Å². The predicted molar refractivity (Wildman–Crippen MR) is 65.1 cm³/mol. The Hall–Kier alpha value is -1.36. The summed E-state index contributed by atoms with van der Waals surface area (Å²) >= 11 is 0. The van der Waals surface area contributed by atoms with Crippen LogP contribution in [0.2, 0.25) is 0 Å². The molecule has 18 heavy (non-hydrogen) atoms. The highest BCUT2D eigenvalue weighted by atomic mass is 16.5. The minimum Gasteiger partial charge on any atom is -0.480 e. The normalized spacial score (nSPS) is 24.6. The second kappa shape index (κ2) is 6.00. The van der Waals surface area contributed by atoms with Crippen molar-refractivity contribution in [2.45, 2.75) is 38.1 Å². The molecule has 0 spiro atoms. The van der Waals surface area contributed by atoms with Crippen molar-refractivity contribution >= 4 is 11.9 Å². The average Bonchev–Trinajstić information content (AvgIpc) is 2.40. The van der Waals surface area contributed by atoms with E-state index in [1.54, 1.807) is 0 Å². The fourth-order valence-electron chi connectivity index (χ4n) is 2.47. The zero-order chi connectivity index (χ0) is 13.0. The van der Waals surface area contributed by atoms with Gasteiger partial charge in [0.1, 0.15) is 0 Å². The number of hydrogen-bond donors (Lipinski definition) is 1. The van der Waals surface area contributed by atoms with Gasteiger partial charge < -0.3 is 14.7 Å². The van der Waals surface area contributed by atoms with Gasteiger partial charge in [-0.1, -0.05) is 11.6 Å². The van der Waals surface area contributed by atoms with Gasteiger partial charge in [0.15, 0.2) is 6.04 Å². The van der Waals surface area contributed by atoms with Crippen LogP contribution in [0.3, 0.4) is 0 Å². The maximum Gasteiger partial charge on any atom is 0.328 e. The van der Waals surface area contributed by atoms with Crippen LogP contribution >= 0.6 is 0 Å². The average molecular weight is 253 g/mol. The molecule has 1 aliphatic heterocycles. The summed E-state index contributed by atoms with van der Waals surface area (Å²) < 4.78 is 5.12. The molecule has 1 saturated heterocycles. The Bertz CT molecular complexity index is 364. The van der Waals surface area contributed by atoms with Crippen molar-refractivity contribution in [2.75, 3.05) is 19.8 Å². The van der Waals surface area contributed by atoms with Crippen LogP contribution in [0.4, 0.5) is 0 Å². The number of rotatable bonds is 3. The predicted octanol–water partition coefficient (Wildman–Crippen LogP) is 1.19. The minimum atomic E-state index is -0.985. The maximum atomic E-state index is 12.1. The second-order valence-electron chi connectivity index (χ2n) is 4.80. The first-order chi connectivity index (χ1) is 8.68. The fourth-order valence-corrected chi connectivity index (χ4v) is 2.47. The molecule has 100 valence electrons. The van der Waals surface area contributed by atoms with Crippen LogP contribution in [0.25, 0.3) is 0 Å². The lowest BCUT2D eigenvalue weighted by Crippen LogP contribution is -2.52. The monoisotopic (exact) mass is 253 g/mol. The summed E-state index contributed by atoms with van der Waals surface area (Å²) in [6, 6.07) is -0.824. The number of carbonyl (C=O) groups excluding carboxylic acids is 1. The number of ether oxygens (including phenoxy) is 1. The highest BCUT2D eigenvalue weighted by Gasteiger charge is 2.32. The quantitative estimate of drug-likeness (QED) is 0.767. The van der Waals surface area contributed by atoms with E-state index in [9.17, 15) is 9.59 Å². The molecule has 5 nitrogen and oxygen atoms in total. The lowest BCUT2D eigenvalue weighted by Gasteiger charge is -2.33. The molecule has 0 saturated carbocycles. The smallest absolute Gasteiger partial charge is 0.328 e. The van der Waals surface area contributed by atoms with Gasteiger partial charge in [-0.05, 0) is 25.7 Å². The molecule has 0 aromatic heterocycles. The number of nitrogens with zero attached hydrogens (tertiary/aromatic N) is 1. The molecule has 2 aliphatic rings. The maximum absolute atomic E-state index is 12.1. The number of hydrogen-bond acceptors (Lipinski definition) is 3. The standard InChI is InChI=1S/C13H19NO4/c15-12(8-10-4-2-1-3-5-10)14-6-7-18-9-11(14)13(16)17/h4,11H,1-3,5-9H2,(H,16,17)/t11-/m1/s1. The van der Waals surface area contributed by atoms with Crippen LogP contribution in [0.1, 0.15) is 32.1 Å². The van der Waals surface area contributed by atoms with E-state index in [1.165, 1.54) is 11.3 Å². The van der Waals surface area contributed by atoms with Crippen molar-refractivity contribution in [1.29, 1.82) is 0 Å². The number of carboxylic acid groups (broad SMARTS) is 1. The summed E-state index contributed by atoms with van der Waals surface area (Å²) in [6.07, 6.45) is 6.81. The number of carbonyl (C=O) groups is 2. The van der Waals surface area contributed by atoms with Crippen LogP contribution < -0.4 is 0 Å². The Morgan fingerprint density at radius 3 is 2.94 bits per heavy atom. The van der Waals surface area contributed by atoms with E-state index in [0.717, 1.165) is 24.8 Å². The number of allylic oxidation sites excluding steroid dienone is 1. The summed E-state index contributed by atoms with van der Waals surface area (Å²) in [4.78, 5) is 24.7. The Morgan fingerprint density at radius 2 is 2.28 bits per heavy atom. The zero-order valence-corrected chi connectivity index (χ0v) is 10.4. The minimum absolute atomic E-state index is 0.0844. The van der Waals surface area contributed by atoms with Crippen molar-refractivity contribution in [2.24, 2.45) is 0 Å². The number of amides is 1. The van der Waals surface area contributed by atoms with Crippen molar-refractivity contribution in [3.8, 4) is 0 Å². The fraction of sp³-hybridized carbons (Fsp3) is 0.692. The number of aliphatic carboxylic acids is 1. The first-order valence-electron chi connectivity index (χ1n) is 6.46. The molecule has 0 bridgehead atoms. The lowest BCUT2D eigenvalue weighted by molar-refractivity contribution is -0.158. The molecular formula is C13H19NO4. The summed E-state index contributed by atoms with van der Waals surface area (Å²) in [5.41, 5.74) is 1.15. The van der Waals surface area contributed by atoms with E-state index in [0.29, 0.717) is 19.6 Å². The Labute approximate surface area is 106 Å². The SMILES string of the molecule is O=C(O)[C@H]1COCCN1C(=O)CC1=CCCCC1. The van der Waals surface area contributed by atoms with Gasteiger partial charge >= 0.3 is 5.97 Å². The van der Waals surface area contributed by atoms with Crippen LogP contribution in [-0.2, 0) is 14.3 Å². The van der Waals surface area contributed by atoms with E-state index in [1.807, 2.05) is 0 Å². The molecule has 1 amide bonds. The van der Waals surface area contributed by atoms with Crippen molar-refractivity contribution in [3.05, 3.63) is 11.6 Å². The van der Waals surface area contributed by atoms with E-state index in [2.05, 4.69) is 6.08 Å². The van der Waals surface area contributed by atoms with Gasteiger partial charge in [0, 0.05) is 13.0 Å². The Kier molecular flexibility index (Phi) is 4.36. The van der Waals surface area contributed by atoms with E-state index < -0.39 is 12.0 Å². The molecule has 0 aromatic carbocycles. The first-order valence-corrected chi connectivity index (χ1v) is 6.46. The largest absolute Gasteiger partial charge is 0.480 e. The zero-order valence-electron chi connectivity index (χ0n) is 10.4. The third kappa shape index (κ3) is 3.10. The Morgan fingerprint density at radius 1 is 1.44 bits per heavy atom. The summed E-state index contributed by atoms with van der Waals surface area (Å²) in [5, 5.41) is 9.07. The van der Waals surface area contributed by atoms with Crippen molar-refractivity contribution in [3.63, 3.8) is 0 Å². The van der Waals surface area contributed by atoms with Gasteiger partial charge in [0.2, 0.25) is 5.91 Å². The molecule has 0 radical (unpaired) electrons. The van der Waals surface area contributed by atoms with Crippen LogP contribution in [-0.4, -0.2) is 47.7 Å². The summed E-state index contributed by atoms with van der Waals surface area (Å²) in [7, 11) is 0. The third-order valence-corrected chi connectivity index (χ3v) is 3.50. The first kappa shape index (κ1) is 13.1. The van der Waals surface area contributed by atoms with Crippen LogP contribution in [0.15, 0.2) is 11.6 Å². The molecule has 1 heterocycles. The molecule has 1 fully saturated rings. The molecule has 1 atom stereocenters. The molecule has 5 heteroatoms. The highest BCUT2D eigenvalue weighted by Crippen LogP contribution is 2.21. The third-order valence-electron chi connectivity index (χ3n) is 3.50. The number of morpholine rings is 1. The van der Waals surface area contributed by atoms with Gasteiger partial charge in [-0.2, -0.15) is 0 Å². The van der Waals surface area contributed by atoms with Crippen molar-refractivity contribution in [1.82, 2.24) is 4.90 Å². The molecule has 1 aliphatic carbocycles. The molecule has 0 aromatic rings. The second-order valence-corrected chi connectivity index (χ2v) is 4.80. The highest BCUT2D eigenvalue weighted by molar-refractivity contribution is 5.85. The molecule has 0 unspecified atom stereocenters. The van der Waals surface area contributed by atoms with Gasteiger partial charge in [0.05, 0.1) is 13.2 Å². The van der Waals surface area contributed by atoms with E-state index in [4.69, 9.17) is 9.84 Å². The van der Waals surface area contributed by atoms with Crippen molar-refractivity contribution < 1.29 is 19.4 Å². The molecule has 2 rings (SSSR count). The van der Waals surface area contributed by atoms with Gasteiger partial charge in [-0.25, -0.2) is 4.79 Å². The van der Waals surface area contributed by atoms with Gasteiger partial charge in [-0.15, -0.1) is 0 Å². The van der Waals surface area contributed by atoms with Gasteiger partial charge in [-0.3, -0.25) is 4.79 Å². The summed E-state index contributed by atoms with van der Waals surface area (Å²) in [5.74, 6) is -1.07. The summed E-state index contributed by atoms with van der Waals surface area (Å²) in [6.45, 7) is 0.901. The van der Waals surface area contributed by atoms with E-state index in [-0.39, 0.29) is 12.5 Å². The number of carboxylic acids is 1. The molecular weight excluding hydrogens is 234 g/mol. The van der Waals surface area contributed by atoms with Gasteiger partial charge in [0.25, 0.3) is 0 Å². The lowest BCUT2D eigenvalue weighted by atomic mass is 9.96. The van der Waals surface area contributed by atoms with Crippen LogP contribution in [0, 0.1) is 0 Å². The van der Waals surface area contributed by atoms with Crippen LogP contribution in [0.5, 0.6) is 0 Å². The Balaban J connectivity index is 1.97.